The summed E-state index contributed by atoms with van der Waals surface area (Å²) in [6.45, 7) is 8.47. The molecule has 1 aliphatic rings. The van der Waals surface area contributed by atoms with Crippen LogP contribution in [0.1, 0.15) is 20.8 Å². The van der Waals surface area contributed by atoms with Gasteiger partial charge in [0.05, 0.1) is 5.69 Å². The van der Waals surface area contributed by atoms with Crippen LogP contribution in [0.15, 0.2) is 24.3 Å². The van der Waals surface area contributed by atoms with Crippen molar-refractivity contribution in [2.75, 3.05) is 31.1 Å². The molecule has 1 amide bonds. The van der Waals surface area contributed by atoms with Gasteiger partial charge in [-0.15, -0.1) is 0 Å². The molecule has 0 saturated carbocycles. The summed E-state index contributed by atoms with van der Waals surface area (Å²) in [5.74, 6) is -0.0289. The normalized spacial score (nSPS) is 16.6. The van der Waals surface area contributed by atoms with Crippen molar-refractivity contribution in [3.8, 4) is 0 Å². The Morgan fingerprint density at radius 1 is 1.11 bits per heavy atom. The molecule has 0 N–H and O–H groups in total. The monoisotopic (exact) mass is 264 g/mol. The third-order valence-electron chi connectivity index (χ3n) is 3.40. The van der Waals surface area contributed by atoms with Crippen LogP contribution in [-0.4, -0.2) is 37.0 Å². The number of hydrogen-bond acceptors (Lipinski definition) is 2. The van der Waals surface area contributed by atoms with Crippen molar-refractivity contribution >= 4 is 11.6 Å². The molecule has 104 valence electrons. The predicted octanol–water partition coefficient (Wildman–Crippen LogP) is 2.52. The summed E-state index contributed by atoms with van der Waals surface area (Å²) < 4.78 is 13.7. The van der Waals surface area contributed by atoms with E-state index in [9.17, 15) is 9.18 Å². The van der Waals surface area contributed by atoms with Gasteiger partial charge in [0, 0.05) is 31.6 Å². The van der Waals surface area contributed by atoms with E-state index in [1.165, 1.54) is 6.07 Å². The van der Waals surface area contributed by atoms with Crippen molar-refractivity contribution in [3.63, 3.8) is 0 Å². The fourth-order valence-corrected chi connectivity index (χ4v) is 2.33. The summed E-state index contributed by atoms with van der Waals surface area (Å²) >= 11 is 0. The van der Waals surface area contributed by atoms with E-state index in [0.29, 0.717) is 31.9 Å². The number of benzene rings is 1. The van der Waals surface area contributed by atoms with Crippen molar-refractivity contribution in [3.05, 3.63) is 30.1 Å². The van der Waals surface area contributed by atoms with Crippen LogP contribution < -0.4 is 4.90 Å². The molecule has 1 fully saturated rings. The first-order chi connectivity index (χ1) is 8.89. The molecule has 0 aliphatic carbocycles. The molecule has 1 aromatic rings. The van der Waals surface area contributed by atoms with Gasteiger partial charge in [0.1, 0.15) is 5.82 Å². The SMILES string of the molecule is CC(C)(C)C(=O)N1CCN(c2ccccc2F)CC1. The van der Waals surface area contributed by atoms with Gasteiger partial charge in [-0.1, -0.05) is 32.9 Å². The maximum absolute atomic E-state index is 13.7. The molecule has 0 bridgehead atoms. The van der Waals surface area contributed by atoms with E-state index in [4.69, 9.17) is 0 Å². The summed E-state index contributed by atoms with van der Waals surface area (Å²) in [5.41, 5.74) is 0.283. The van der Waals surface area contributed by atoms with E-state index in [0.717, 1.165) is 0 Å². The molecule has 1 saturated heterocycles. The van der Waals surface area contributed by atoms with Crippen molar-refractivity contribution in [2.24, 2.45) is 5.41 Å². The van der Waals surface area contributed by atoms with Crippen LogP contribution in [0.2, 0.25) is 0 Å². The van der Waals surface area contributed by atoms with Crippen molar-refractivity contribution < 1.29 is 9.18 Å². The number of anilines is 1. The number of carbonyl (C=O) groups is 1. The third kappa shape index (κ3) is 3.06. The fourth-order valence-electron chi connectivity index (χ4n) is 2.33. The van der Waals surface area contributed by atoms with Gasteiger partial charge in [-0.3, -0.25) is 4.79 Å². The highest BCUT2D eigenvalue weighted by atomic mass is 19.1. The number of amides is 1. The highest BCUT2D eigenvalue weighted by molar-refractivity contribution is 5.81. The van der Waals surface area contributed by atoms with Crippen LogP contribution in [0.4, 0.5) is 10.1 Å². The third-order valence-corrected chi connectivity index (χ3v) is 3.40. The number of nitrogens with zero attached hydrogens (tertiary/aromatic N) is 2. The van der Waals surface area contributed by atoms with Crippen molar-refractivity contribution in [2.45, 2.75) is 20.8 Å². The predicted molar refractivity (Wildman–Crippen MR) is 74.6 cm³/mol. The number of para-hydroxylation sites is 1. The molecular weight excluding hydrogens is 243 g/mol. The number of carbonyl (C=O) groups excluding carboxylic acids is 1. The molecular formula is C15H21FN2O. The van der Waals surface area contributed by atoms with Crippen LogP contribution in [0.5, 0.6) is 0 Å². The van der Waals surface area contributed by atoms with Gasteiger partial charge in [-0.2, -0.15) is 0 Å². The standard InChI is InChI=1S/C15H21FN2O/c1-15(2,3)14(19)18-10-8-17(9-11-18)13-7-5-4-6-12(13)16/h4-7H,8-11H2,1-3H3. The van der Waals surface area contributed by atoms with Crippen LogP contribution in [0.25, 0.3) is 0 Å². The highest BCUT2D eigenvalue weighted by Gasteiger charge is 2.30. The number of halogens is 1. The Balaban J connectivity index is 2.00. The van der Waals surface area contributed by atoms with Gasteiger partial charge in [0.15, 0.2) is 0 Å². The minimum Gasteiger partial charge on any atom is -0.366 e. The van der Waals surface area contributed by atoms with E-state index in [-0.39, 0.29) is 17.1 Å². The lowest BCUT2D eigenvalue weighted by Gasteiger charge is -2.38. The zero-order valence-electron chi connectivity index (χ0n) is 11.8. The molecule has 0 spiro atoms. The quantitative estimate of drug-likeness (QED) is 0.778. The Hall–Kier alpha value is -1.58. The largest absolute Gasteiger partial charge is 0.366 e. The van der Waals surface area contributed by atoms with E-state index in [1.54, 1.807) is 12.1 Å². The van der Waals surface area contributed by atoms with E-state index < -0.39 is 0 Å². The topological polar surface area (TPSA) is 23.6 Å². The zero-order valence-corrected chi connectivity index (χ0v) is 11.8. The first kappa shape index (κ1) is 13.8. The lowest BCUT2D eigenvalue weighted by atomic mass is 9.94. The van der Waals surface area contributed by atoms with Crippen LogP contribution in [0, 0.1) is 11.2 Å². The number of hydrogen-bond donors (Lipinski definition) is 0. The number of rotatable bonds is 1. The smallest absolute Gasteiger partial charge is 0.228 e. The molecule has 2 rings (SSSR count). The Bertz CT molecular complexity index is 459. The van der Waals surface area contributed by atoms with Crippen LogP contribution in [-0.2, 0) is 4.79 Å². The molecule has 1 heterocycles. The molecule has 0 radical (unpaired) electrons. The van der Waals surface area contributed by atoms with Crippen molar-refractivity contribution in [1.29, 1.82) is 0 Å². The minimum atomic E-state index is -0.347. The molecule has 1 aliphatic heterocycles. The van der Waals surface area contributed by atoms with Gasteiger partial charge in [0.25, 0.3) is 0 Å². The zero-order chi connectivity index (χ0) is 14.0. The van der Waals surface area contributed by atoms with Gasteiger partial charge >= 0.3 is 0 Å². The van der Waals surface area contributed by atoms with E-state index in [1.807, 2.05) is 36.6 Å². The first-order valence-corrected chi connectivity index (χ1v) is 6.68. The van der Waals surface area contributed by atoms with Gasteiger partial charge < -0.3 is 9.80 Å². The second kappa shape index (κ2) is 5.19. The highest BCUT2D eigenvalue weighted by Crippen LogP contribution is 2.22. The number of piperazine rings is 1. The summed E-state index contributed by atoms with van der Waals surface area (Å²) in [7, 11) is 0. The maximum atomic E-state index is 13.7. The molecule has 4 heteroatoms. The molecule has 3 nitrogen and oxygen atoms in total. The molecule has 0 aromatic heterocycles. The summed E-state index contributed by atoms with van der Waals surface area (Å²) in [6.07, 6.45) is 0. The average molecular weight is 264 g/mol. The molecule has 1 aromatic carbocycles. The summed E-state index contributed by atoms with van der Waals surface area (Å²) in [6, 6.07) is 6.79. The van der Waals surface area contributed by atoms with Crippen molar-refractivity contribution in [1.82, 2.24) is 4.90 Å². The van der Waals surface area contributed by atoms with Gasteiger partial charge in [-0.05, 0) is 12.1 Å². The maximum Gasteiger partial charge on any atom is 0.228 e. The Morgan fingerprint density at radius 3 is 2.21 bits per heavy atom. The second-order valence-corrected chi connectivity index (χ2v) is 5.98. The first-order valence-electron chi connectivity index (χ1n) is 6.68. The van der Waals surface area contributed by atoms with Crippen LogP contribution in [0.3, 0.4) is 0 Å². The van der Waals surface area contributed by atoms with Crippen LogP contribution >= 0.6 is 0 Å². The second-order valence-electron chi connectivity index (χ2n) is 5.98. The Kier molecular flexibility index (Phi) is 3.78. The van der Waals surface area contributed by atoms with E-state index in [2.05, 4.69) is 0 Å². The lowest BCUT2D eigenvalue weighted by molar-refractivity contribution is -0.139. The fraction of sp³-hybridized carbons (Fsp3) is 0.533. The summed E-state index contributed by atoms with van der Waals surface area (Å²) in [5, 5.41) is 0. The Labute approximate surface area is 114 Å². The Morgan fingerprint density at radius 2 is 1.68 bits per heavy atom. The molecule has 0 atom stereocenters. The molecule has 0 unspecified atom stereocenters. The molecule has 19 heavy (non-hydrogen) atoms. The average Bonchev–Trinajstić information content (AvgIpc) is 2.38. The van der Waals surface area contributed by atoms with E-state index >= 15 is 0 Å². The lowest BCUT2D eigenvalue weighted by Crippen LogP contribution is -2.51. The summed E-state index contributed by atoms with van der Waals surface area (Å²) in [4.78, 5) is 16.0. The minimum absolute atomic E-state index is 0.167. The van der Waals surface area contributed by atoms with Gasteiger partial charge in [0.2, 0.25) is 5.91 Å². The van der Waals surface area contributed by atoms with Gasteiger partial charge in [-0.25, -0.2) is 4.39 Å².